The highest BCUT2D eigenvalue weighted by Crippen LogP contribution is 2.42. The lowest BCUT2D eigenvalue weighted by Crippen LogP contribution is -2.11. The normalized spacial score (nSPS) is 12.0. The quantitative estimate of drug-likeness (QED) is 0.343. The number of rotatable bonds is 3. The van der Waals surface area contributed by atoms with E-state index in [0.29, 0.717) is 10.9 Å². The predicted octanol–water partition coefficient (Wildman–Crippen LogP) is 5.87. The number of nitro benzene ring substituents is 1. The van der Waals surface area contributed by atoms with Gasteiger partial charge >= 0.3 is 5.69 Å². The van der Waals surface area contributed by atoms with E-state index in [4.69, 9.17) is 0 Å². The van der Waals surface area contributed by atoms with E-state index in [-0.39, 0.29) is 22.5 Å². The van der Waals surface area contributed by atoms with Crippen molar-refractivity contribution in [2.45, 2.75) is 26.2 Å². The van der Waals surface area contributed by atoms with E-state index in [0.717, 1.165) is 5.39 Å². The van der Waals surface area contributed by atoms with Crippen molar-refractivity contribution in [3.63, 3.8) is 0 Å². The molecule has 0 spiro atoms. The summed E-state index contributed by atoms with van der Waals surface area (Å²) in [5.74, 6) is -0.630. The number of hydrogen-bond acceptors (Lipinski definition) is 6. The zero-order chi connectivity index (χ0) is 19.8. The number of azo groups is 1. The van der Waals surface area contributed by atoms with E-state index in [1.165, 1.54) is 12.1 Å². The summed E-state index contributed by atoms with van der Waals surface area (Å²) in [7, 11) is 0. The van der Waals surface area contributed by atoms with Crippen LogP contribution in [0.1, 0.15) is 26.3 Å². The van der Waals surface area contributed by atoms with Crippen molar-refractivity contribution in [1.29, 1.82) is 0 Å². The molecule has 3 rings (SSSR count). The molecule has 0 unspecified atom stereocenters. The van der Waals surface area contributed by atoms with E-state index in [1.54, 1.807) is 18.2 Å². The van der Waals surface area contributed by atoms with Gasteiger partial charge in [0.2, 0.25) is 5.75 Å². The molecule has 0 aliphatic carbocycles. The van der Waals surface area contributed by atoms with Gasteiger partial charge in [0.25, 0.3) is 0 Å². The largest absolute Gasteiger partial charge is 0.506 e. The number of phenolic OH excluding ortho intramolecular Hbond substituents is 2. The van der Waals surface area contributed by atoms with Crippen molar-refractivity contribution in [2.75, 3.05) is 0 Å². The fourth-order valence-electron chi connectivity index (χ4n) is 2.71. The van der Waals surface area contributed by atoms with Crippen molar-refractivity contribution in [3.8, 4) is 11.5 Å². The third kappa shape index (κ3) is 3.57. The molecule has 0 aliphatic rings. The van der Waals surface area contributed by atoms with Crippen molar-refractivity contribution < 1.29 is 15.1 Å². The van der Waals surface area contributed by atoms with Crippen LogP contribution in [0.4, 0.5) is 17.1 Å². The monoisotopic (exact) mass is 365 g/mol. The summed E-state index contributed by atoms with van der Waals surface area (Å²) in [6.45, 7) is 5.71. The Hall–Kier alpha value is -3.48. The topological polar surface area (TPSA) is 108 Å². The van der Waals surface area contributed by atoms with Gasteiger partial charge in [-0.1, -0.05) is 51.1 Å². The Morgan fingerprint density at radius 1 is 1.00 bits per heavy atom. The molecule has 0 bridgehead atoms. The summed E-state index contributed by atoms with van der Waals surface area (Å²) in [5.41, 5.74) is 0.0315. The minimum Gasteiger partial charge on any atom is -0.506 e. The SMILES string of the molecule is CC(C)(C)c1cc(N=Nc2c(O)ccc3ccccc23)c(O)c([N+](=O)[O-])c1. The Kier molecular flexibility index (Phi) is 4.53. The molecule has 0 fully saturated rings. The minimum atomic E-state index is -0.654. The third-order valence-electron chi connectivity index (χ3n) is 4.27. The molecule has 0 amide bonds. The standard InChI is InChI=1S/C20H19N3O4/c1-20(2,3)13-10-15(19(25)16(11-13)23(26)27)21-22-18-14-7-5-4-6-12(14)8-9-17(18)24/h4-11,24-25H,1-3H3. The molecule has 0 saturated carbocycles. The highest BCUT2D eigenvalue weighted by atomic mass is 16.6. The third-order valence-corrected chi connectivity index (χ3v) is 4.27. The molecule has 3 aromatic rings. The second kappa shape index (κ2) is 6.68. The lowest BCUT2D eigenvalue weighted by atomic mass is 9.86. The number of phenols is 2. The molecule has 0 heterocycles. The van der Waals surface area contributed by atoms with Gasteiger partial charge in [-0.05, 0) is 28.5 Å². The van der Waals surface area contributed by atoms with Crippen molar-refractivity contribution in [3.05, 3.63) is 64.2 Å². The Balaban J connectivity index is 2.17. The molecule has 0 saturated heterocycles. The van der Waals surface area contributed by atoms with E-state index in [2.05, 4.69) is 10.2 Å². The van der Waals surface area contributed by atoms with Crippen LogP contribution in [0.25, 0.3) is 10.8 Å². The summed E-state index contributed by atoms with van der Waals surface area (Å²) >= 11 is 0. The Morgan fingerprint density at radius 3 is 2.37 bits per heavy atom. The second-order valence-corrected chi connectivity index (χ2v) is 7.22. The van der Waals surface area contributed by atoms with Crippen molar-refractivity contribution >= 4 is 27.8 Å². The van der Waals surface area contributed by atoms with Crippen LogP contribution in [0.3, 0.4) is 0 Å². The summed E-state index contributed by atoms with van der Waals surface area (Å²) < 4.78 is 0. The van der Waals surface area contributed by atoms with Crippen LogP contribution in [-0.4, -0.2) is 15.1 Å². The van der Waals surface area contributed by atoms with Crippen molar-refractivity contribution in [2.24, 2.45) is 10.2 Å². The first-order chi connectivity index (χ1) is 12.7. The molecule has 0 aliphatic heterocycles. The van der Waals surface area contributed by atoms with E-state index < -0.39 is 16.4 Å². The average molecular weight is 365 g/mol. The first-order valence-corrected chi connectivity index (χ1v) is 8.33. The van der Waals surface area contributed by atoms with Crippen molar-refractivity contribution in [1.82, 2.24) is 0 Å². The molecule has 27 heavy (non-hydrogen) atoms. The summed E-state index contributed by atoms with van der Waals surface area (Å²) in [4.78, 5) is 10.6. The number of fused-ring (bicyclic) bond motifs is 1. The van der Waals surface area contributed by atoms with Crippen LogP contribution < -0.4 is 0 Å². The number of benzene rings is 3. The smallest absolute Gasteiger partial charge is 0.313 e. The maximum atomic E-state index is 11.3. The van der Waals surface area contributed by atoms with Gasteiger partial charge in [0.05, 0.1) is 4.92 Å². The molecule has 138 valence electrons. The summed E-state index contributed by atoms with van der Waals surface area (Å²) in [6.07, 6.45) is 0. The van der Waals surface area contributed by atoms with Crippen LogP contribution in [0.2, 0.25) is 0 Å². The number of nitrogens with zero attached hydrogens (tertiary/aromatic N) is 3. The maximum Gasteiger partial charge on any atom is 0.313 e. The van der Waals surface area contributed by atoms with Gasteiger partial charge in [-0.3, -0.25) is 10.1 Å². The predicted molar refractivity (Wildman–Crippen MR) is 103 cm³/mol. The molecular formula is C20H19N3O4. The van der Waals surface area contributed by atoms with Gasteiger partial charge in [-0.25, -0.2) is 0 Å². The number of nitro groups is 1. The van der Waals surface area contributed by atoms with Gasteiger partial charge < -0.3 is 10.2 Å². The molecule has 0 atom stereocenters. The molecule has 3 aromatic carbocycles. The maximum absolute atomic E-state index is 11.3. The zero-order valence-electron chi connectivity index (χ0n) is 15.2. The first-order valence-electron chi connectivity index (χ1n) is 8.33. The summed E-state index contributed by atoms with van der Waals surface area (Å²) in [6, 6.07) is 13.5. The Morgan fingerprint density at radius 2 is 1.70 bits per heavy atom. The van der Waals surface area contributed by atoms with Gasteiger partial charge in [0, 0.05) is 11.5 Å². The highest BCUT2D eigenvalue weighted by Gasteiger charge is 2.24. The molecule has 7 nitrogen and oxygen atoms in total. The molecule has 2 N–H and O–H groups in total. The lowest BCUT2D eigenvalue weighted by molar-refractivity contribution is -0.385. The molecule has 0 aromatic heterocycles. The highest BCUT2D eigenvalue weighted by molar-refractivity contribution is 5.95. The van der Waals surface area contributed by atoms with Gasteiger partial charge in [0.15, 0.2) is 0 Å². The second-order valence-electron chi connectivity index (χ2n) is 7.22. The van der Waals surface area contributed by atoms with Crippen LogP contribution in [0.15, 0.2) is 58.8 Å². The fourth-order valence-corrected chi connectivity index (χ4v) is 2.71. The van der Waals surface area contributed by atoms with Gasteiger partial charge in [0.1, 0.15) is 17.1 Å². The minimum absolute atomic E-state index is 0.0264. The Bertz CT molecular complexity index is 1070. The average Bonchev–Trinajstić information content (AvgIpc) is 2.60. The Labute approximate surface area is 155 Å². The molecule has 0 radical (unpaired) electrons. The number of hydrogen-bond donors (Lipinski definition) is 2. The van der Waals surface area contributed by atoms with E-state index >= 15 is 0 Å². The van der Waals surface area contributed by atoms with Crippen LogP contribution >= 0.6 is 0 Å². The molecular weight excluding hydrogens is 346 g/mol. The van der Waals surface area contributed by atoms with Gasteiger partial charge in [-0.15, -0.1) is 10.2 Å². The van der Waals surface area contributed by atoms with E-state index in [1.807, 2.05) is 39.0 Å². The van der Waals surface area contributed by atoms with Crippen LogP contribution in [0.5, 0.6) is 11.5 Å². The zero-order valence-corrected chi connectivity index (χ0v) is 15.2. The first kappa shape index (κ1) is 18.3. The lowest BCUT2D eigenvalue weighted by Gasteiger charge is -2.19. The fraction of sp³-hybridized carbons (Fsp3) is 0.200. The van der Waals surface area contributed by atoms with Gasteiger partial charge in [-0.2, -0.15) is 0 Å². The van der Waals surface area contributed by atoms with E-state index in [9.17, 15) is 20.3 Å². The number of aromatic hydroxyl groups is 2. The van der Waals surface area contributed by atoms with Crippen LogP contribution in [-0.2, 0) is 5.41 Å². The summed E-state index contributed by atoms with van der Waals surface area (Å²) in [5, 5.41) is 41.3. The molecule has 7 heteroatoms. The van der Waals surface area contributed by atoms with Crippen LogP contribution in [0, 0.1) is 10.1 Å².